The molecular weight excluding hydrogens is 313 g/mol. The van der Waals surface area contributed by atoms with Crippen LogP contribution in [0.2, 0.25) is 10.0 Å². The molecule has 0 heterocycles. The Morgan fingerprint density at radius 3 is 2.67 bits per heavy atom. The number of benzene rings is 1. The van der Waals surface area contributed by atoms with Gasteiger partial charge in [0.2, 0.25) is 5.91 Å². The van der Waals surface area contributed by atoms with Crippen molar-refractivity contribution < 1.29 is 9.59 Å². The van der Waals surface area contributed by atoms with Crippen molar-refractivity contribution in [2.45, 2.75) is 25.8 Å². The first kappa shape index (κ1) is 17.8. The molecule has 21 heavy (non-hydrogen) atoms. The van der Waals surface area contributed by atoms with Gasteiger partial charge in [-0.15, -0.1) is 0 Å². The first-order valence-electron chi connectivity index (χ1n) is 6.70. The predicted molar refractivity (Wildman–Crippen MR) is 84.7 cm³/mol. The summed E-state index contributed by atoms with van der Waals surface area (Å²) in [4.78, 5) is 23.9. The lowest BCUT2D eigenvalue weighted by atomic mass is 10.2. The van der Waals surface area contributed by atoms with Crippen molar-refractivity contribution in [2.75, 3.05) is 13.1 Å². The molecule has 0 aromatic heterocycles. The van der Waals surface area contributed by atoms with Crippen LogP contribution >= 0.6 is 23.2 Å². The Morgan fingerprint density at radius 1 is 1.29 bits per heavy atom. The number of hydrogen-bond acceptors (Lipinski definition) is 3. The van der Waals surface area contributed by atoms with Gasteiger partial charge in [0.1, 0.15) is 6.04 Å². The second-order valence-corrected chi connectivity index (χ2v) is 5.37. The van der Waals surface area contributed by atoms with Crippen LogP contribution in [-0.2, 0) is 4.79 Å². The van der Waals surface area contributed by atoms with E-state index in [1.165, 1.54) is 0 Å². The Kier molecular flexibility index (Phi) is 7.50. The Morgan fingerprint density at radius 2 is 2.00 bits per heavy atom. The van der Waals surface area contributed by atoms with Crippen molar-refractivity contribution >= 4 is 35.0 Å². The molecule has 0 bridgehead atoms. The van der Waals surface area contributed by atoms with Crippen LogP contribution in [0.4, 0.5) is 0 Å². The molecule has 1 aromatic rings. The Bertz CT molecular complexity index is 509. The van der Waals surface area contributed by atoms with E-state index in [0.717, 1.165) is 12.8 Å². The van der Waals surface area contributed by atoms with Crippen LogP contribution < -0.4 is 16.4 Å². The molecule has 0 saturated carbocycles. The van der Waals surface area contributed by atoms with E-state index in [4.69, 9.17) is 28.9 Å². The van der Waals surface area contributed by atoms with Crippen LogP contribution in [0.3, 0.4) is 0 Å². The van der Waals surface area contributed by atoms with Crippen molar-refractivity contribution in [3.8, 4) is 0 Å². The number of carbonyl (C=O) groups excluding carboxylic acids is 2. The quantitative estimate of drug-likeness (QED) is 0.668. The van der Waals surface area contributed by atoms with Crippen molar-refractivity contribution in [2.24, 2.45) is 5.73 Å². The summed E-state index contributed by atoms with van der Waals surface area (Å²) in [5, 5.41) is 5.79. The molecule has 0 aliphatic carbocycles. The summed E-state index contributed by atoms with van der Waals surface area (Å²) in [7, 11) is 0. The maximum atomic E-state index is 12.1. The largest absolute Gasteiger partial charge is 0.354 e. The fraction of sp³-hybridized carbons (Fsp3) is 0.429. The normalized spacial score (nSPS) is 11.8. The monoisotopic (exact) mass is 331 g/mol. The molecule has 0 fully saturated rings. The number of nitrogens with one attached hydrogen (secondary N) is 2. The highest BCUT2D eigenvalue weighted by Gasteiger charge is 2.18. The van der Waals surface area contributed by atoms with E-state index in [1.54, 1.807) is 25.1 Å². The fourth-order valence-electron chi connectivity index (χ4n) is 1.65. The highest BCUT2D eigenvalue weighted by atomic mass is 35.5. The second kappa shape index (κ2) is 8.87. The fourth-order valence-corrected chi connectivity index (χ4v) is 2.04. The minimum absolute atomic E-state index is 0.173. The van der Waals surface area contributed by atoms with E-state index < -0.39 is 11.9 Å². The zero-order chi connectivity index (χ0) is 15.8. The van der Waals surface area contributed by atoms with Gasteiger partial charge < -0.3 is 16.4 Å². The minimum Gasteiger partial charge on any atom is -0.354 e. The summed E-state index contributed by atoms with van der Waals surface area (Å²) in [6.07, 6.45) is 1.65. The summed E-state index contributed by atoms with van der Waals surface area (Å²) in [6.45, 7) is 2.73. The number of hydrogen-bond donors (Lipinski definition) is 3. The molecule has 0 radical (unpaired) electrons. The summed E-state index contributed by atoms with van der Waals surface area (Å²) >= 11 is 11.8. The first-order valence-corrected chi connectivity index (χ1v) is 7.45. The van der Waals surface area contributed by atoms with Gasteiger partial charge in [-0.1, -0.05) is 29.3 Å². The van der Waals surface area contributed by atoms with Crippen LogP contribution in [0, 0.1) is 0 Å². The summed E-state index contributed by atoms with van der Waals surface area (Å²) in [5.74, 6) is -0.689. The first-order chi connectivity index (χ1) is 9.97. The van der Waals surface area contributed by atoms with Crippen LogP contribution in [0.15, 0.2) is 18.2 Å². The maximum absolute atomic E-state index is 12.1. The molecule has 5 nitrogen and oxygen atoms in total. The summed E-state index contributed by atoms with van der Waals surface area (Å²) in [5.41, 5.74) is 5.61. The van der Waals surface area contributed by atoms with E-state index in [9.17, 15) is 9.59 Å². The van der Waals surface area contributed by atoms with Gasteiger partial charge in [-0.2, -0.15) is 0 Å². The standard InChI is InChI=1S/C14H19Cl2N3O2/c1-9(13(20)18-8-3-2-7-17)19-14(21)10-5-4-6-11(15)12(10)16/h4-6,9H,2-3,7-8,17H2,1H3,(H,18,20)(H,19,21). The SMILES string of the molecule is CC(NC(=O)c1cccc(Cl)c1Cl)C(=O)NCCCCN. The molecule has 7 heteroatoms. The van der Waals surface area contributed by atoms with Gasteiger partial charge in [0.15, 0.2) is 0 Å². The van der Waals surface area contributed by atoms with Crippen LogP contribution in [-0.4, -0.2) is 30.9 Å². The topological polar surface area (TPSA) is 84.2 Å². The van der Waals surface area contributed by atoms with Gasteiger partial charge in [-0.05, 0) is 38.4 Å². The van der Waals surface area contributed by atoms with Crippen molar-refractivity contribution in [1.82, 2.24) is 10.6 Å². The number of nitrogens with two attached hydrogens (primary N) is 1. The number of amides is 2. The summed E-state index contributed by atoms with van der Waals surface area (Å²) < 4.78 is 0. The number of halogens is 2. The van der Waals surface area contributed by atoms with Crippen molar-refractivity contribution in [1.29, 1.82) is 0 Å². The van der Waals surface area contributed by atoms with Crippen LogP contribution in [0.25, 0.3) is 0 Å². The van der Waals surface area contributed by atoms with E-state index in [2.05, 4.69) is 10.6 Å². The van der Waals surface area contributed by atoms with Gasteiger partial charge >= 0.3 is 0 Å². The third-order valence-corrected chi connectivity index (χ3v) is 3.69. The molecule has 0 aliphatic heterocycles. The maximum Gasteiger partial charge on any atom is 0.253 e. The lowest BCUT2D eigenvalue weighted by Gasteiger charge is -2.15. The number of unbranched alkanes of at least 4 members (excludes halogenated alkanes) is 1. The molecule has 0 spiro atoms. The Balaban J connectivity index is 2.53. The third kappa shape index (κ3) is 5.53. The predicted octanol–water partition coefficient (Wildman–Crippen LogP) is 1.97. The Labute approximate surface area is 134 Å². The van der Waals surface area contributed by atoms with Gasteiger partial charge in [0, 0.05) is 6.54 Å². The van der Waals surface area contributed by atoms with Gasteiger partial charge in [-0.3, -0.25) is 9.59 Å². The number of carbonyl (C=O) groups is 2. The van der Waals surface area contributed by atoms with Gasteiger partial charge in [-0.25, -0.2) is 0 Å². The van der Waals surface area contributed by atoms with Gasteiger partial charge in [0.25, 0.3) is 5.91 Å². The van der Waals surface area contributed by atoms with Crippen LogP contribution in [0.1, 0.15) is 30.1 Å². The highest BCUT2D eigenvalue weighted by molar-refractivity contribution is 6.43. The molecule has 2 amide bonds. The van der Waals surface area contributed by atoms with Crippen molar-refractivity contribution in [3.63, 3.8) is 0 Å². The molecular formula is C14H19Cl2N3O2. The van der Waals surface area contributed by atoms with E-state index in [1.807, 2.05) is 0 Å². The summed E-state index contributed by atoms with van der Waals surface area (Å²) in [6, 6.07) is 4.11. The average molecular weight is 332 g/mol. The average Bonchev–Trinajstić information content (AvgIpc) is 2.46. The van der Waals surface area contributed by atoms with E-state index in [0.29, 0.717) is 18.1 Å². The molecule has 0 aliphatic rings. The third-order valence-electron chi connectivity index (χ3n) is 2.87. The zero-order valence-electron chi connectivity index (χ0n) is 11.8. The highest BCUT2D eigenvalue weighted by Crippen LogP contribution is 2.25. The number of rotatable bonds is 7. The molecule has 1 atom stereocenters. The van der Waals surface area contributed by atoms with E-state index >= 15 is 0 Å². The van der Waals surface area contributed by atoms with E-state index in [-0.39, 0.29) is 16.5 Å². The zero-order valence-corrected chi connectivity index (χ0v) is 13.3. The minimum atomic E-state index is -0.662. The molecule has 116 valence electrons. The van der Waals surface area contributed by atoms with Crippen LogP contribution in [0.5, 0.6) is 0 Å². The molecule has 0 saturated heterocycles. The lowest BCUT2D eigenvalue weighted by Crippen LogP contribution is -2.45. The van der Waals surface area contributed by atoms with Crippen molar-refractivity contribution in [3.05, 3.63) is 33.8 Å². The molecule has 1 aromatic carbocycles. The lowest BCUT2D eigenvalue weighted by molar-refractivity contribution is -0.122. The second-order valence-electron chi connectivity index (χ2n) is 4.58. The Hall–Kier alpha value is -1.30. The smallest absolute Gasteiger partial charge is 0.253 e. The molecule has 1 unspecified atom stereocenters. The van der Waals surface area contributed by atoms with Gasteiger partial charge in [0.05, 0.1) is 15.6 Å². The molecule has 1 rings (SSSR count). The molecule has 4 N–H and O–H groups in total.